The van der Waals surface area contributed by atoms with Gasteiger partial charge < -0.3 is 5.32 Å². The smallest absolute Gasteiger partial charge is 0.288 e. The van der Waals surface area contributed by atoms with E-state index < -0.39 is 0 Å². The van der Waals surface area contributed by atoms with Gasteiger partial charge in [0.2, 0.25) is 0 Å². The number of nitrogens with zero attached hydrogens (tertiary/aromatic N) is 5. The number of H-pyrrole nitrogens is 1. The van der Waals surface area contributed by atoms with Crippen LogP contribution in [0.5, 0.6) is 0 Å². The minimum absolute atomic E-state index is 0.108. The molecule has 1 aromatic heterocycles. The molecule has 1 unspecified atom stereocenters. The number of aliphatic imine (C=N–C) groups is 2. The summed E-state index contributed by atoms with van der Waals surface area (Å²) >= 11 is 0. The lowest BCUT2D eigenvalue weighted by Gasteiger charge is -2.21. The van der Waals surface area contributed by atoms with E-state index in [1.165, 1.54) is 11.1 Å². The Balaban J connectivity index is 1.73. The lowest BCUT2D eigenvalue weighted by atomic mass is 10.1. The Labute approximate surface area is 133 Å². The third-order valence-electron chi connectivity index (χ3n) is 3.71. The van der Waals surface area contributed by atoms with Crippen LogP contribution in [0.4, 0.5) is 11.5 Å². The second kappa shape index (κ2) is 4.99. The van der Waals surface area contributed by atoms with Crippen molar-refractivity contribution in [3.63, 3.8) is 0 Å². The maximum absolute atomic E-state index is 4.73. The van der Waals surface area contributed by atoms with Gasteiger partial charge in [-0.05, 0) is 42.2 Å². The van der Waals surface area contributed by atoms with E-state index in [2.05, 4.69) is 57.5 Å². The molecule has 7 heteroatoms. The lowest BCUT2D eigenvalue weighted by Crippen LogP contribution is -2.44. The van der Waals surface area contributed by atoms with Crippen molar-refractivity contribution in [3.05, 3.63) is 54.0 Å². The van der Waals surface area contributed by atoms with Crippen LogP contribution in [-0.2, 0) is 0 Å². The highest BCUT2D eigenvalue weighted by Crippen LogP contribution is 2.28. The molecule has 2 aliphatic rings. The van der Waals surface area contributed by atoms with Gasteiger partial charge in [-0.3, -0.25) is 4.99 Å². The van der Waals surface area contributed by atoms with E-state index in [4.69, 9.17) is 5.10 Å². The lowest BCUT2D eigenvalue weighted by molar-refractivity contribution is 0.574. The van der Waals surface area contributed by atoms with Crippen LogP contribution in [0.3, 0.4) is 0 Å². The minimum atomic E-state index is 0.108. The van der Waals surface area contributed by atoms with Gasteiger partial charge in [-0.15, -0.1) is 0 Å². The highest BCUT2D eigenvalue weighted by atomic mass is 15.7. The fraction of sp³-hybridized carbons (Fsp3) is 0.125. The third-order valence-corrected chi connectivity index (χ3v) is 3.71. The maximum atomic E-state index is 4.73. The largest absolute Gasteiger partial charge is 0.320 e. The Hall–Kier alpha value is -3.06. The molecule has 0 amide bonds. The van der Waals surface area contributed by atoms with Gasteiger partial charge in [0.15, 0.2) is 6.20 Å². The molecule has 1 atom stereocenters. The molecule has 0 aliphatic carbocycles. The zero-order valence-electron chi connectivity index (χ0n) is 12.9. The molecule has 2 N–H and O–H groups in total. The number of anilines is 1. The Kier molecular flexibility index (Phi) is 2.95. The summed E-state index contributed by atoms with van der Waals surface area (Å²) in [4.78, 5) is 8.73. The highest BCUT2D eigenvalue weighted by Gasteiger charge is 2.43. The predicted octanol–water partition coefficient (Wildman–Crippen LogP) is 2.68. The first-order chi connectivity index (χ1) is 11.2. The van der Waals surface area contributed by atoms with E-state index in [1.54, 1.807) is 18.6 Å². The van der Waals surface area contributed by atoms with Gasteiger partial charge in [0, 0.05) is 11.8 Å². The fourth-order valence-electron chi connectivity index (χ4n) is 2.80. The molecule has 0 fully saturated rings. The number of quaternary nitrogens is 1. The first kappa shape index (κ1) is 13.6. The van der Waals surface area contributed by atoms with Gasteiger partial charge in [-0.1, -0.05) is 10.7 Å². The molecule has 0 radical (unpaired) electrons. The summed E-state index contributed by atoms with van der Waals surface area (Å²) in [6.07, 6.45) is 6.98. The number of hydrogen-bond donors (Lipinski definition) is 2. The number of aromatic amines is 1. The second-order valence-electron chi connectivity index (χ2n) is 5.60. The summed E-state index contributed by atoms with van der Waals surface area (Å²) in [7, 11) is 0. The standard InChI is InChI=1S/C16H16N7/c1-11-7-12(2)9-13(8-11)19-16-20-15-10-17-5-6-23(15,22-16)14-3-4-18-21-14/h3-10H,1-2H3,(H,18,21)(H,19,22)/q+1. The molecule has 0 bridgehead atoms. The second-order valence-corrected chi connectivity index (χ2v) is 5.60. The van der Waals surface area contributed by atoms with Crippen molar-refractivity contribution in [2.24, 2.45) is 15.1 Å². The van der Waals surface area contributed by atoms with E-state index in [0.29, 0.717) is 11.8 Å². The van der Waals surface area contributed by atoms with Crippen LogP contribution in [0.15, 0.2) is 57.9 Å². The van der Waals surface area contributed by atoms with Crippen molar-refractivity contribution in [1.29, 1.82) is 0 Å². The number of guanidine groups is 1. The summed E-state index contributed by atoms with van der Waals surface area (Å²) in [6, 6.07) is 8.14. The van der Waals surface area contributed by atoms with Crippen LogP contribution in [0.1, 0.15) is 11.1 Å². The van der Waals surface area contributed by atoms with E-state index >= 15 is 0 Å². The molecule has 7 nitrogen and oxygen atoms in total. The zero-order valence-corrected chi connectivity index (χ0v) is 12.9. The summed E-state index contributed by atoms with van der Waals surface area (Å²) in [5.41, 5.74) is 3.35. The van der Waals surface area contributed by atoms with Gasteiger partial charge in [-0.25, -0.2) is 5.10 Å². The number of rotatable bonds is 2. The molecule has 0 saturated heterocycles. The number of nitrogens with one attached hydrogen (secondary N) is 2. The van der Waals surface area contributed by atoms with Gasteiger partial charge in [-0.2, -0.15) is 10.1 Å². The summed E-state index contributed by atoms with van der Waals surface area (Å²) < 4.78 is 0.108. The van der Waals surface area contributed by atoms with Gasteiger partial charge in [0.1, 0.15) is 6.21 Å². The molecular weight excluding hydrogens is 290 g/mol. The molecule has 23 heavy (non-hydrogen) atoms. The predicted molar refractivity (Wildman–Crippen MR) is 92.4 cm³/mol. The van der Waals surface area contributed by atoms with Crippen LogP contribution in [0, 0.1) is 13.8 Å². The maximum Gasteiger partial charge on any atom is 0.288 e. The van der Waals surface area contributed by atoms with Crippen LogP contribution in [-0.4, -0.2) is 28.2 Å². The first-order valence-electron chi connectivity index (χ1n) is 7.30. The quantitative estimate of drug-likeness (QED) is 0.837. The van der Waals surface area contributed by atoms with Crippen LogP contribution in [0.25, 0.3) is 0 Å². The van der Waals surface area contributed by atoms with Gasteiger partial charge >= 0.3 is 0 Å². The summed E-state index contributed by atoms with van der Waals surface area (Å²) in [5, 5.41) is 15.0. The first-order valence-corrected chi connectivity index (χ1v) is 7.30. The Bertz CT molecular complexity index is 854. The van der Waals surface area contributed by atoms with E-state index in [-0.39, 0.29) is 4.59 Å². The monoisotopic (exact) mass is 306 g/mol. The number of aromatic nitrogens is 2. The Morgan fingerprint density at radius 2 is 1.96 bits per heavy atom. The van der Waals surface area contributed by atoms with Crippen molar-refractivity contribution in [1.82, 2.24) is 14.8 Å². The molecule has 2 aromatic rings. The van der Waals surface area contributed by atoms with Crippen LogP contribution >= 0.6 is 0 Å². The third kappa shape index (κ3) is 2.27. The Morgan fingerprint density at radius 1 is 1.13 bits per heavy atom. The highest BCUT2D eigenvalue weighted by molar-refractivity contribution is 6.38. The van der Waals surface area contributed by atoms with Crippen molar-refractivity contribution >= 4 is 29.5 Å². The fourth-order valence-corrected chi connectivity index (χ4v) is 2.80. The number of hydrogen-bond acceptors (Lipinski definition) is 5. The van der Waals surface area contributed by atoms with Crippen molar-refractivity contribution in [2.45, 2.75) is 13.8 Å². The average Bonchev–Trinajstić information content (AvgIpc) is 3.13. The molecule has 4 rings (SSSR count). The van der Waals surface area contributed by atoms with Crippen molar-refractivity contribution < 1.29 is 0 Å². The number of fused-ring (bicyclic) bond motifs is 1. The van der Waals surface area contributed by atoms with E-state index in [1.807, 2.05) is 12.3 Å². The number of amidine groups is 1. The van der Waals surface area contributed by atoms with Gasteiger partial charge in [0.05, 0.1) is 12.4 Å². The molecule has 2 aliphatic heterocycles. The molecular formula is C16H16N7+. The zero-order chi connectivity index (χ0) is 15.9. The number of aryl methyl sites for hydroxylation is 2. The normalized spacial score (nSPS) is 21.8. The molecule has 3 heterocycles. The van der Waals surface area contributed by atoms with Crippen molar-refractivity contribution in [3.8, 4) is 0 Å². The summed E-state index contributed by atoms with van der Waals surface area (Å²) in [6.45, 7) is 4.13. The van der Waals surface area contributed by atoms with Crippen molar-refractivity contribution in [2.75, 3.05) is 5.32 Å². The molecule has 0 saturated carbocycles. The molecule has 114 valence electrons. The Morgan fingerprint density at radius 3 is 2.70 bits per heavy atom. The molecule has 1 aromatic carbocycles. The SMILES string of the molecule is Cc1cc(C)cc(NC2=N[N+]3(c4ccn[nH]4)C=CN=CC3=N2)c1. The van der Waals surface area contributed by atoms with Gasteiger partial charge in [0.25, 0.3) is 17.6 Å². The summed E-state index contributed by atoms with van der Waals surface area (Å²) in [5.74, 6) is 2.06. The topological polar surface area (TPSA) is 77.8 Å². The van der Waals surface area contributed by atoms with Crippen LogP contribution < -0.4 is 9.91 Å². The van der Waals surface area contributed by atoms with E-state index in [0.717, 1.165) is 11.5 Å². The number of benzene rings is 1. The van der Waals surface area contributed by atoms with E-state index in [9.17, 15) is 0 Å². The molecule has 0 spiro atoms. The van der Waals surface area contributed by atoms with Crippen LogP contribution in [0.2, 0.25) is 0 Å². The minimum Gasteiger partial charge on any atom is -0.320 e. The average molecular weight is 306 g/mol.